The van der Waals surface area contributed by atoms with E-state index in [-0.39, 0.29) is 13.0 Å². The number of rotatable bonds is 10. The first-order chi connectivity index (χ1) is 14.4. The van der Waals surface area contributed by atoms with Crippen LogP contribution in [0, 0.1) is 0 Å². The van der Waals surface area contributed by atoms with Crippen molar-refractivity contribution in [1.82, 2.24) is 10.6 Å². The maximum Gasteiger partial charge on any atom is 0.407 e. The minimum absolute atomic E-state index is 0.160. The lowest BCUT2D eigenvalue weighted by atomic mass is 9.98. The Bertz CT molecular complexity index is 657. The van der Waals surface area contributed by atoms with Crippen LogP contribution in [0.3, 0.4) is 0 Å². The molecule has 0 bridgehead atoms. The van der Waals surface area contributed by atoms with Gasteiger partial charge in [0, 0.05) is 13.0 Å². The molecular weight excluding hydrogens is 396 g/mol. The van der Waals surface area contributed by atoms with Crippen molar-refractivity contribution in [2.45, 2.75) is 62.9 Å². The molecule has 6 N–H and O–H groups in total. The Labute approximate surface area is 174 Å². The number of carbonyl (C=O) groups is 2. The number of ether oxygens (including phenoxy) is 2. The van der Waals surface area contributed by atoms with Crippen molar-refractivity contribution < 1.29 is 39.5 Å². The monoisotopic (exact) mass is 426 g/mol. The van der Waals surface area contributed by atoms with Gasteiger partial charge >= 0.3 is 6.09 Å². The van der Waals surface area contributed by atoms with E-state index in [4.69, 9.17) is 14.6 Å². The normalized spacial score (nSPS) is 26.1. The van der Waals surface area contributed by atoms with Gasteiger partial charge in [0.05, 0.1) is 6.61 Å². The summed E-state index contributed by atoms with van der Waals surface area (Å²) in [7, 11) is 0. The number of carbonyl (C=O) groups excluding carboxylic acids is 2. The van der Waals surface area contributed by atoms with E-state index in [1.807, 2.05) is 30.3 Å². The smallest absolute Gasteiger partial charge is 0.407 e. The van der Waals surface area contributed by atoms with E-state index in [0.717, 1.165) is 5.56 Å². The summed E-state index contributed by atoms with van der Waals surface area (Å²) in [6, 6.07) is 9.34. The molecule has 1 heterocycles. The van der Waals surface area contributed by atoms with Gasteiger partial charge in [-0.1, -0.05) is 36.8 Å². The van der Waals surface area contributed by atoms with Crippen LogP contribution in [0.1, 0.15) is 31.2 Å². The van der Waals surface area contributed by atoms with Crippen molar-refractivity contribution in [2.75, 3.05) is 13.2 Å². The largest absolute Gasteiger partial charge is 0.445 e. The molecule has 2 unspecified atom stereocenters. The molecule has 30 heavy (non-hydrogen) atoms. The van der Waals surface area contributed by atoms with Crippen LogP contribution in [-0.2, 0) is 20.9 Å². The van der Waals surface area contributed by atoms with Crippen molar-refractivity contribution in [3.05, 3.63) is 35.9 Å². The molecule has 168 valence electrons. The van der Waals surface area contributed by atoms with Gasteiger partial charge in [0.2, 0.25) is 5.91 Å². The number of hydrogen-bond donors (Lipinski definition) is 6. The Hall–Kier alpha value is -2.24. The van der Waals surface area contributed by atoms with Crippen molar-refractivity contribution in [2.24, 2.45) is 0 Å². The maximum atomic E-state index is 12.0. The molecule has 5 atom stereocenters. The molecule has 10 nitrogen and oxygen atoms in total. The van der Waals surface area contributed by atoms with Crippen molar-refractivity contribution >= 4 is 12.0 Å². The Balaban J connectivity index is 1.55. The number of aliphatic hydroxyl groups excluding tert-OH is 4. The average Bonchev–Trinajstić information content (AvgIpc) is 2.75. The number of amides is 2. The fourth-order valence-corrected chi connectivity index (χ4v) is 3.00. The second kappa shape index (κ2) is 12.5. The van der Waals surface area contributed by atoms with Gasteiger partial charge in [-0.05, 0) is 18.4 Å². The lowest BCUT2D eigenvalue weighted by Crippen LogP contribution is -2.63. The van der Waals surface area contributed by atoms with Crippen LogP contribution in [0.15, 0.2) is 30.3 Å². The second-order valence-corrected chi connectivity index (χ2v) is 7.12. The van der Waals surface area contributed by atoms with Gasteiger partial charge in [-0.2, -0.15) is 0 Å². The van der Waals surface area contributed by atoms with Crippen LogP contribution in [0.25, 0.3) is 0 Å². The number of nitrogens with one attached hydrogen (secondary N) is 2. The lowest BCUT2D eigenvalue weighted by molar-refractivity contribution is -0.236. The first-order valence-electron chi connectivity index (χ1n) is 9.96. The molecule has 0 aromatic heterocycles. The zero-order valence-corrected chi connectivity index (χ0v) is 16.6. The quantitative estimate of drug-likeness (QED) is 0.271. The molecular formula is C20H30N2O8. The van der Waals surface area contributed by atoms with Crippen LogP contribution in [0.5, 0.6) is 0 Å². The molecule has 1 fully saturated rings. The molecule has 0 aliphatic carbocycles. The minimum Gasteiger partial charge on any atom is -0.445 e. The van der Waals surface area contributed by atoms with Crippen molar-refractivity contribution in [1.29, 1.82) is 0 Å². The van der Waals surface area contributed by atoms with Gasteiger partial charge in [0.25, 0.3) is 0 Å². The molecule has 0 radical (unpaired) electrons. The van der Waals surface area contributed by atoms with Crippen LogP contribution >= 0.6 is 0 Å². The van der Waals surface area contributed by atoms with Crippen LogP contribution < -0.4 is 10.6 Å². The summed E-state index contributed by atoms with van der Waals surface area (Å²) in [5.41, 5.74) is 0.901. The van der Waals surface area contributed by atoms with Crippen molar-refractivity contribution in [3.63, 3.8) is 0 Å². The first kappa shape index (κ1) is 24.0. The molecule has 0 saturated carbocycles. The van der Waals surface area contributed by atoms with E-state index >= 15 is 0 Å². The molecule has 2 rings (SSSR count). The third-order valence-electron chi connectivity index (χ3n) is 4.76. The summed E-state index contributed by atoms with van der Waals surface area (Å²) in [6.45, 7) is 0.0604. The Kier molecular flexibility index (Phi) is 9.98. The number of hydrogen-bond acceptors (Lipinski definition) is 8. The fraction of sp³-hybridized carbons (Fsp3) is 0.600. The number of unbranched alkanes of at least 4 members (excludes halogenated alkanes) is 2. The van der Waals surface area contributed by atoms with Crippen LogP contribution in [0.4, 0.5) is 4.79 Å². The van der Waals surface area contributed by atoms with Gasteiger partial charge in [0.15, 0.2) is 6.23 Å². The topological polar surface area (TPSA) is 158 Å². The van der Waals surface area contributed by atoms with Gasteiger partial charge in [0.1, 0.15) is 31.0 Å². The van der Waals surface area contributed by atoms with Gasteiger partial charge in [-0.15, -0.1) is 0 Å². The highest BCUT2D eigenvalue weighted by Gasteiger charge is 2.43. The summed E-state index contributed by atoms with van der Waals surface area (Å²) in [5.74, 6) is -0.394. The summed E-state index contributed by atoms with van der Waals surface area (Å²) in [5, 5.41) is 43.6. The highest BCUT2D eigenvalue weighted by molar-refractivity contribution is 5.76. The van der Waals surface area contributed by atoms with Gasteiger partial charge in [-0.25, -0.2) is 4.79 Å². The minimum atomic E-state index is -1.53. The third kappa shape index (κ3) is 7.54. The second-order valence-electron chi connectivity index (χ2n) is 7.12. The average molecular weight is 426 g/mol. The van der Waals surface area contributed by atoms with E-state index in [2.05, 4.69) is 10.6 Å². The van der Waals surface area contributed by atoms with Crippen molar-refractivity contribution in [3.8, 4) is 0 Å². The van der Waals surface area contributed by atoms with Gasteiger partial charge in [-0.3, -0.25) is 4.79 Å². The Morgan fingerprint density at radius 3 is 2.43 bits per heavy atom. The Morgan fingerprint density at radius 1 is 1.00 bits per heavy atom. The third-order valence-corrected chi connectivity index (χ3v) is 4.76. The molecule has 1 aromatic rings. The number of alkyl carbamates (subject to hydrolysis) is 1. The Morgan fingerprint density at radius 2 is 1.73 bits per heavy atom. The van der Waals surface area contributed by atoms with E-state index in [0.29, 0.717) is 25.8 Å². The molecule has 1 aliphatic rings. The highest BCUT2D eigenvalue weighted by atomic mass is 16.6. The number of aliphatic hydroxyl groups is 4. The standard InChI is InChI=1S/C20H30N2O8/c23-11-14-16(25)17(26)18(27)19(30-14)22-15(24)9-5-2-6-10-21-20(28)29-12-13-7-3-1-4-8-13/h1,3-4,7-8,14,16-19,23,25-27H,2,5-6,9-12H2,(H,21,28)(H,22,24)/t14?,16-,17-,18?,19+/m0/s1. The van der Waals surface area contributed by atoms with E-state index in [9.17, 15) is 24.9 Å². The van der Waals surface area contributed by atoms with E-state index in [1.165, 1.54) is 0 Å². The van der Waals surface area contributed by atoms with Crippen LogP contribution in [0.2, 0.25) is 0 Å². The fourth-order valence-electron chi connectivity index (χ4n) is 3.00. The zero-order valence-electron chi connectivity index (χ0n) is 16.6. The van der Waals surface area contributed by atoms with E-state index in [1.54, 1.807) is 0 Å². The number of benzene rings is 1. The zero-order chi connectivity index (χ0) is 21.9. The van der Waals surface area contributed by atoms with Crippen LogP contribution in [-0.4, -0.2) is 76.2 Å². The molecule has 1 aliphatic heterocycles. The predicted octanol–water partition coefficient (Wildman–Crippen LogP) is -0.611. The van der Waals surface area contributed by atoms with Gasteiger partial charge < -0.3 is 40.5 Å². The molecule has 2 amide bonds. The first-order valence-corrected chi connectivity index (χ1v) is 9.96. The summed E-state index contributed by atoms with van der Waals surface area (Å²) < 4.78 is 10.3. The summed E-state index contributed by atoms with van der Waals surface area (Å²) >= 11 is 0. The predicted molar refractivity (Wildman–Crippen MR) is 105 cm³/mol. The molecule has 1 saturated heterocycles. The lowest BCUT2D eigenvalue weighted by Gasteiger charge is -2.40. The summed E-state index contributed by atoms with van der Waals surface area (Å²) in [4.78, 5) is 23.6. The molecule has 10 heteroatoms. The molecule has 0 spiro atoms. The maximum absolute atomic E-state index is 12.0. The molecule has 1 aromatic carbocycles. The SMILES string of the molecule is O=C(CCCCCNC(=O)OCc1ccccc1)N[C@@H]1OC(CO)[C@H](O)[C@H](O)C1O. The summed E-state index contributed by atoms with van der Waals surface area (Å²) in [6.07, 6.45) is -5.24. The highest BCUT2D eigenvalue weighted by Crippen LogP contribution is 2.19. The van der Waals surface area contributed by atoms with E-state index < -0.39 is 49.3 Å².